The fraction of sp³-hybridized carbons (Fsp3) is 0.250. The van der Waals surface area contributed by atoms with Crippen LogP contribution < -0.4 is 5.32 Å². The normalized spacial score (nSPS) is 10.8. The molecule has 0 fully saturated rings. The minimum Gasteiger partial charge on any atom is -0.353 e. The Labute approximate surface area is 133 Å². The van der Waals surface area contributed by atoms with Gasteiger partial charge in [0.05, 0.1) is 11.3 Å². The van der Waals surface area contributed by atoms with E-state index in [0.717, 1.165) is 19.4 Å². The van der Waals surface area contributed by atoms with E-state index in [1.165, 1.54) is 18.2 Å². The summed E-state index contributed by atoms with van der Waals surface area (Å²) in [5.41, 5.74) is 0.626. The van der Waals surface area contributed by atoms with Crippen molar-refractivity contribution < 1.29 is 9.72 Å². The van der Waals surface area contributed by atoms with Crippen molar-refractivity contribution in [2.24, 2.45) is 0 Å². The van der Waals surface area contributed by atoms with Crippen molar-refractivity contribution in [3.05, 3.63) is 64.7 Å². The maximum Gasteiger partial charge on any atom is 0.270 e. The molecule has 1 N–H and O–H groups in total. The molecule has 1 aromatic carbocycles. The van der Waals surface area contributed by atoms with E-state index in [-0.39, 0.29) is 11.6 Å². The molecule has 0 bridgehead atoms. The van der Waals surface area contributed by atoms with Gasteiger partial charge in [-0.05, 0) is 24.5 Å². The molecule has 2 aromatic rings. The van der Waals surface area contributed by atoms with Gasteiger partial charge in [-0.1, -0.05) is 12.1 Å². The molecular weight excluding hydrogens is 296 g/mol. The number of nitro groups is 1. The van der Waals surface area contributed by atoms with E-state index in [4.69, 9.17) is 0 Å². The number of imidazole rings is 1. The molecule has 0 aliphatic heterocycles. The third-order valence-corrected chi connectivity index (χ3v) is 3.21. The topological polar surface area (TPSA) is 90.1 Å². The average molecular weight is 314 g/mol. The lowest BCUT2D eigenvalue weighted by molar-refractivity contribution is -0.384. The Kier molecular flexibility index (Phi) is 6.05. The van der Waals surface area contributed by atoms with E-state index >= 15 is 0 Å². The number of carbonyl (C=O) groups is 1. The molecule has 0 spiro atoms. The molecule has 120 valence electrons. The van der Waals surface area contributed by atoms with E-state index in [1.54, 1.807) is 30.7 Å². The maximum absolute atomic E-state index is 11.7. The molecule has 1 heterocycles. The quantitative estimate of drug-likeness (QED) is 0.350. The number of rotatable bonds is 8. The van der Waals surface area contributed by atoms with E-state index in [9.17, 15) is 14.9 Å². The minimum atomic E-state index is -0.461. The van der Waals surface area contributed by atoms with Crippen molar-refractivity contribution >= 4 is 17.7 Å². The number of non-ortho nitro benzene ring substituents is 1. The number of aromatic nitrogens is 2. The van der Waals surface area contributed by atoms with Crippen molar-refractivity contribution in [3.63, 3.8) is 0 Å². The maximum atomic E-state index is 11.7. The molecule has 1 aromatic heterocycles. The van der Waals surface area contributed by atoms with Gasteiger partial charge in [0.15, 0.2) is 0 Å². The lowest BCUT2D eigenvalue weighted by Crippen LogP contribution is -2.22. The Morgan fingerprint density at radius 2 is 2.26 bits per heavy atom. The van der Waals surface area contributed by atoms with Crippen LogP contribution in [0.15, 0.2) is 49.1 Å². The van der Waals surface area contributed by atoms with Gasteiger partial charge in [0.2, 0.25) is 5.91 Å². The largest absolute Gasteiger partial charge is 0.353 e. The van der Waals surface area contributed by atoms with Gasteiger partial charge >= 0.3 is 0 Å². The van der Waals surface area contributed by atoms with Crippen molar-refractivity contribution in [1.82, 2.24) is 14.9 Å². The van der Waals surface area contributed by atoms with Crippen molar-refractivity contribution in [1.29, 1.82) is 0 Å². The third-order valence-electron chi connectivity index (χ3n) is 3.21. The number of nitrogens with one attached hydrogen (secondary N) is 1. The van der Waals surface area contributed by atoms with Gasteiger partial charge in [0.25, 0.3) is 5.69 Å². The van der Waals surface area contributed by atoms with Gasteiger partial charge < -0.3 is 9.88 Å². The first-order valence-electron chi connectivity index (χ1n) is 7.31. The van der Waals surface area contributed by atoms with Crippen LogP contribution in [0.2, 0.25) is 0 Å². The van der Waals surface area contributed by atoms with Gasteiger partial charge in [-0.2, -0.15) is 0 Å². The summed E-state index contributed by atoms with van der Waals surface area (Å²) in [5, 5.41) is 13.5. The highest BCUT2D eigenvalue weighted by atomic mass is 16.6. The molecule has 0 saturated heterocycles. The summed E-state index contributed by atoms with van der Waals surface area (Å²) in [6, 6.07) is 6.14. The predicted octanol–water partition coefficient (Wildman–Crippen LogP) is 2.40. The summed E-state index contributed by atoms with van der Waals surface area (Å²) in [6.45, 7) is 1.46. The lowest BCUT2D eigenvalue weighted by atomic mass is 10.2. The number of benzene rings is 1. The van der Waals surface area contributed by atoms with Crippen LogP contribution in [0.25, 0.3) is 6.08 Å². The van der Waals surface area contributed by atoms with E-state index in [2.05, 4.69) is 10.3 Å². The first kappa shape index (κ1) is 16.4. The van der Waals surface area contributed by atoms with Gasteiger partial charge in [-0.3, -0.25) is 14.9 Å². The second-order valence-electron chi connectivity index (χ2n) is 4.98. The summed E-state index contributed by atoms with van der Waals surface area (Å²) >= 11 is 0. The number of carbonyl (C=O) groups excluding carboxylic acids is 1. The smallest absolute Gasteiger partial charge is 0.270 e. The fourth-order valence-electron chi connectivity index (χ4n) is 2.02. The number of nitrogens with zero attached hydrogens (tertiary/aromatic N) is 3. The van der Waals surface area contributed by atoms with Crippen molar-refractivity contribution in [2.75, 3.05) is 6.54 Å². The van der Waals surface area contributed by atoms with E-state index in [0.29, 0.717) is 12.1 Å². The lowest BCUT2D eigenvalue weighted by Gasteiger charge is -2.03. The highest BCUT2D eigenvalue weighted by molar-refractivity contribution is 5.91. The molecule has 0 aliphatic carbocycles. The molecular formula is C16H18N4O3. The Morgan fingerprint density at radius 3 is 3.00 bits per heavy atom. The number of unbranched alkanes of at least 4 members (excludes halogenated alkanes) is 1. The molecule has 1 amide bonds. The van der Waals surface area contributed by atoms with Crippen LogP contribution in [0.3, 0.4) is 0 Å². The van der Waals surface area contributed by atoms with Crippen LogP contribution in [0.5, 0.6) is 0 Å². The number of aryl methyl sites for hydroxylation is 1. The molecule has 0 saturated carbocycles. The highest BCUT2D eigenvalue weighted by Gasteiger charge is 2.04. The first-order valence-corrected chi connectivity index (χ1v) is 7.31. The standard InChI is InChI=1S/C16H18N4O3/c21-16(18-8-1-2-10-19-11-9-17-13-19)7-6-14-4-3-5-15(12-14)20(22)23/h3-7,9,11-13H,1-2,8,10H2,(H,18,21). The third kappa shape index (κ3) is 5.74. The monoisotopic (exact) mass is 314 g/mol. The minimum absolute atomic E-state index is 0.00654. The van der Waals surface area contributed by atoms with Gasteiger partial charge in [0, 0.05) is 43.7 Å². The second-order valence-corrected chi connectivity index (χ2v) is 4.98. The Hall–Kier alpha value is -2.96. The van der Waals surface area contributed by atoms with Gasteiger partial charge in [0.1, 0.15) is 0 Å². The highest BCUT2D eigenvalue weighted by Crippen LogP contribution is 2.13. The van der Waals surface area contributed by atoms with Crippen LogP contribution >= 0.6 is 0 Å². The molecule has 0 atom stereocenters. The second kappa shape index (κ2) is 8.47. The van der Waals surface area contributed by atoms with Gasteiger partial charge in [-0.25, -0.2) is 4.98 Å². The Bertz CT molecular complexity index is 680. The predicted molar refractivity (Wildman–Crippen MR) is 86.6 cm³/mol. The molecule has 7 nitrogen and oxygen atoms in total. The average Bonchev–Trinajstić information content (AvgIpc) is 3.06. The Balaban J connectivity index is 1.69. The van der Waals surface area contributed by atoms with E-state index < -0.39 is 4.92 Å². The number of hydrogen-bond acceptors (Lipinski definition) is 4. The molecule has 23 heavy (non-hydrogen) atoms. The molecule has 0 aliphatic rings. The summed E-state index contributed by atoms with van der Waals surface area (Å²) in [4.78, 5) is 25.9. The van der Waals surface area contributed by atoms with Crippen LogP contribution in [0.4, 0.5) is 5.69 Å². The zero-order chi connectivity index (χ0) is 16.5. The summed E-state index contributed by atoms with van der Waals surface area (Å²) in [5.74, 6) is -0.209. The first-order chi connectivity index (χ1) is 11.1. The van der Waals surface area contributed by atoms with Crippen LogP contribution in [-0.2, 0) is 11.3 Å². The number of amides is 1. The van der Waals surface area contributed by atoms with Gasteiger partial charge in [-0.15, -0.1) is 0 Å². The molecule has 0 unspecified atom stereocenters. The summed E-state index contributed by atoms with van der Waals surface area (Å²) in [6.07, 6.45) is 10.2. The Morgan fingerprint density at radius 1 is 1.39 bits per heavy atom. The SMILES string of the molecule is O=C(C=Cc1cccc([N+](=O)[O-])c1)NCCCCn1ccnc1. The molecule has 7 heteroatoms. The fourth-order valence-corrected chi connectivity index (χ4v) is 2.02. The molecule has 0 radical (unpaired) electrons. The summed E-state index contributed by atoms with van der Waals surface area (Å²) < 4.78 is 1.99. The number of nitro benzene ring substituents is 1. The van der Waals surface area contributed by atoms with Crippen LogP contribution in [-0.4, -0.2) is 26.9 Å². The van der Waals surface area contributed by atoms with Crippen molar-refractivity contribution in [3.8, 4) is 0 Å². The van der Waals surface area contributed by atoms with E-state index in [1.807, 2.05) is 10.8 Å². The van der Waals surface area contributed by atoms with Crippen molar-refractivity contribution in [2.45, 2.75) is 19.4 Å². The number of hydrogen-bond donors (Lipinski definition) is 1. The zero-order valence-corrected chi connectivity index (χ0v) is 12.6. The zero-order valence-electron chi connectivity index (χ0n) is 12.6. The molecule has 2 rings (SSSR count). The van der Waals surface area contributed by atoms with Crippen LogP contribution in [0, 0.1) is 10.1 Å². The van der Waals surface area contributed by atoms with Crippen LogP contribution in [0.1, 0.15) is 18.4 Å². The summed E-state index contributed by atoms with van der Waals surface area (Å²) in [7, 11) is 0.